The van der Waals surface area contributed by atoms with E-state index in [0.29, 0.717) is 6.54 Å². The number of methoxy groups -OCH3 is 1. The van der Waals surface area contributed by atoms with Gasteiger partial charge in [-0.15, -0.1) is 0 Å². The van der Waals surface area contributed by atoms with Crippen LogP contribution in [0.25, 0.3) is 0 Å². The molecule has 0 saturated carbocycles. The highest BCUT2D eigenvalue weighted by Crippen LogP contribution is 2.22. The van der Waals surface area contributed by atoms with E-state index in [1.165, 1.54) is 11.1 Å². The highest BCUT2D eigenvalue weighted by Gasteiger charge is 2.16. The first-order valence-corrected chi connectivity index (χ1v) is 8.60. The van der Waals surface area contributed by atoms with Gasteiger partial charge in [0.1, 0.15) is 16.2 Å². The molecule has 0 aliphatic rings. The molecule has 1 unspecified atom stereocenters. The van der Waals surface area contributed by atoms with Crippen molar-refractivity contribution in [3.8, 4) is 5.75 Å². The maximum atomic E-state index is 6.42. The Morgan fingerprint density at radius 3 is 2.46 bits per heavy atom. The van der Waals surface area contributed by atoms with Gasteiger partial charge in [0.25, 0.3) is 0 Å². The summed E-state index contributed by atoms with van der Waals surface area (Å²) in [6.45, 7) is 0.711. The highest BCUT2D eigenvalue weighted by molar-refractivity contribution is 9.10. The van der Waals surface area contributed by atoms with Gasteiger partial charge in [-0.25, -0.2) is 4.98 Å². The summed E-state index contributed by atoms with van der Waals surface area (Å²) in [5, 5.41) is 0. The fourth-order valence-electron chi connectivity index (χ4n) is 2.69. The Balaban J connectivity index is 1.79. The monoisotopic (exact) mass is 385 g/mol. The average Bonchev–Trinajstić information content (AvgIpc) is 2.97. The number of benzene rings is 2. The van der Waals surface area contributed by atoms with Crippen molar-refractivity contribution in [3.05, 3.63) is 82.3 Å². The smallest absolute Gasteiger partial charge is 0.127 e. The Morgan fingerprint density at radius 2 is 1.79 bits per heavy atom. The van der Waals surface area contributed by atoms with Gasteiger partial charge in [0.15, 0.2) is 0 Å². The molecule has 0 radical (unpaired) electrons. The summed E-state index contributed by atoms with van der Waals surface area (Å²) >= 11 is 3.58. The molecule has 2 aromatic carbocycles. The molecule has 24 heavy (non-hydrogen) atoms. The Morgan fingerprint density at radius 1 is 1.08 bits per heavy atom. The molecule has 0 aliphatic heterocycles. The molecule has 1 atom stereocenters. The minimum atomic E-state index is -0.156. The lowest BCUT2D eigenvalue weighted by Gasteiger charge is -2.15. The van der Waals surface area contributed by atoms with E-state index in [1.54, 1.807) is 7.11 Å². The molecule has 4 nitrogen and oxygen atoms in total. The van der Waals surface area contributed by atoms with Gasteiger partial charge in [0.2, 0.25) is 0 Å². The summed E-state index contributed by atoms with van der Waals surface area (Å²) < 4.78 is 8.24. The first kappa shape index (κ1) is 16.7. The molecule has 124 valence electrons. The van der Waals surface area contributed by atoms with Gasteiger partial charge in [-0.05, 0) is 45.6 Å². The van der Waals surface area contributed by atoms with Crippen molar-refractivity contribution in [2.75, 3.05) is 7.11 Å². The van der Waals surface area contributed by atoms with Crippen LogP contribution < -0.4 is 10.5 Å². The van der Waals surface area contributed by atoms with E-state index in [1.807, 2.05) is 36.5 Å². The van der Waals surface area contributed by atoms with Gasteiger partial charge < -0.3 is 15.0 Å². The summed E-state index contributed by atoms with van der Waals surface area (Å²) in [5.41, 5.74) is 8.79. The maximum Gasteiger partial charge on any atom is 0.127 e. The maximum absolute atomic E-state index is 6.42. The summed E-state index contributed by atoms with van der Waals surface area (Å²) in [7, 11) is 1.67. The number of rotatable bonds is 6. The van der Waals surface area contributed by atoms with E-state index in [2.05, 4.69) is 49.7 Å². The first-order chi connectivity index (χ1) is 11.7. The summed E-state index contributed by atoms with van der Waals surface area (Å²) in [5.74, 6) is 1.73. The van der Waals surface area contributed by atoms with E-state index < -0.39 is 0 Å². The van der Waals surface area contributed by atoms with Crippen molar-refractivity contribution in [2.45, 2.75) is 19.0 Å². The van der Waals surface area contributed by atoms with Crippen LogP contribution in [0.2, 0.25) is 0 Å². The van der Waals surface area contributed by atoms with Crippen LogP contribution in [0.1, 0.15) is 23.0 Å². The number of aromatic nitrogens is 2. The molecule has 0 bridgehead atoms. The van der Waals surface area contributed by atoms with Crippen molar-refractivity contribution in [2.24, 2.45) is 5.73 Å². The van der Waals surface area contributed by atoms with Crippen molar-refractivity contribution >= 4 is 15.9 Å². The van der Waals surface area contributed by atoms with E-state index in [9.17, 15) is 0 Å². The molecule has 1 heterocycles. The molecule has 5 heteroatoms. The summed E-state index contributed by atoms with van der Waals surface area (Å²) in [6, 6.07) is 18.1. The lowest BCUT2D eigenvalue weighted by Crippen LogP contribution is -2.19. The van der Waals surface area contributed by atoms with Crippen LogP contribution in [0.5, 0.6) is 5.75 Å². The number of imidazole rings is 1. The van der Waals surface area contributed by atoms with Crippen molar-refractivity contribution in [3.63, 3.8) is 0 Å². The minimum absolute atomic E-state index is 0.156. The van der Waals surface area contributed by atoms with Crippen LogP contribution >= 0.6 is 15.9 Å². The largest absolute Gasteiger partial charge is 0.497 e. The molecule has 0 fully saturated rings. The molecule has 0 spiro atoms. The topological polar surface area (TPSA) is 53.1 Å². The number of nitrogens with two attached hydrogens (primary N) is 1. The highest BCUT2D eigenvalue weighted by atomic mass is 79.9. The third kappa shape index (κ3) is 3.86. The first-order valence-electron chi connectivity index (χ1n) is 7.80. The molecular weight excluding hydrogens is 366 g/mol. The van der Waals surface area contributed by atoms with Crippen LogP contribution in [0, 0.1) is 0 Å². The Bertz CT molecular complexity index is 784. The Hall–Kier alpha value is -2.11. The molecule has 0 aliphatic carbocycles. The zero-order valence-corrected chi connectivity index (χ0v) is 15.1. The molecular formula is C19H20BrN3O. The number of ether oxygens (including phenoxy) is 1. The van der Waals surface area contributed by atoms with Gasteiger partial charge in [-0.1, -0.05) is 42.5 Å². The van der Waals surface area contributed by atoms with Crippen LogP contribution in [0.15, 0.2) is 65.4 Å². The van der Waals surface area contributed by atoms with Crippen molar-refractivity contribution in [1.82, 2.24) is 9.55 Å². The summed E-state index contributed by atoms with van der Waals surface area (Å²) in [6.07, 6.45) is 2.57. The van der Waals surface area contributed by atoms with Crippen molar-refractivity contribution < 1.29 is 4.74 Å². The number of nitrogens with zero attached hydrogens (tertiary/aromatic N) is 2. The standard InChI is InChI=1S/C19H20BrN3O/c1-24-16-9-7-15(8-10-16)13-23-18(20)12-22-19(23)17(21)11-14-5-3-2-4-6-14/h2-10,12,17H,11,13,21H2,1H3. The lowest BCUT2D eigenvalue weighted by atomic mass is 10.1. The van der Waals surface area contributed by atoms with Crippen LogP contribution in [0.3, 0.4) is 0 Å². The predicted octanol–water partition coefficient (Wildman–Crippen LogP) is 3.95. The quantitative estimate of drug-likeness (QED) is 0.698. The lowest BCUT2D eigenvalue weighted by molar-refractivity contribution is 0.414. The second kappa shape index (κ2) is 7.64. The van der Waals surface area contributed by atoms with Crippen molar-refractivity contribution in [1.29, 1.82) is 0 Å². The minimum Gasteiger partial charge on any atom is -0.497 e. The van der Waals surface area contributed by atoms with E-state index in [0.717, 1.165) is 22.6 Å². The molecule has 3 aromatic rings. The fraction of sp³-hybridized carbons (Fsp3) is 0.211. The van der Waals surface area contributed by atoms with Gasteiger partial charge in [-0.3, -0.25) is 0 Å². The Kier molecular flexibility index (Phi) is 5.33. The number of halogens is 1. The van der Waals surface area contributed by atoms with Gasteiger partial charge in [0, 0.05) is 6.54 Å². The van der Waals surface area contributed by atoms with E-state index in [4.69, 9.17) is 10.5 Å². The van der Waals surface area contributed by atoms with Gasteiger partial charge in [-0.2, -0.15) is 0 Å². The van der Waals surface area contributed by atoms with Gasteiger partial charge in [0.05, 0.1) is 19.3 Å². The zero-order valence-electron chi connectivity index (χ0n) is 13.5. The van der Waals surface area contributed by atoms with Crippen LogP contribution in [-0.4, -0.2) is 16.7 Å². The van der Waals surface area contributed by atoms with Crippen LogP contribution in [0.4, 0.5) is 0 Å². The van der Waals surface area contributed by atoms with Crippen LogP contribution in [-0.2, 0) is 13.0 Å². The Labute approximate surface area is 150 Å². The molecule has 1 aromatic heterocycles. The molecule has 0 saturated heterocycles. The molecule has 3 rings (SSSR count). The molecule has 2 N–H and O–H groups in total. The van der Waals surface area contributed by atoms with E-state index in [-0.39, 0.29) is 6.04 Å². The second-order valence-electron chi connectivity index (χ2n) is 5.67. The second-order valence-corrected chi connectivity index (χ2v) is 6.48. The average molecular weight is 386 g/mol. The number of hydrogen-bond donors (Lipinski definition) is 1. The third-order valence-corrected chi connectivity index (χ3v) is 4.60. The third-order valence-electron chi connectivity index (χ3n) is 3.97. The number of hydrogen-bond acceptors (Lipinski definition) is 3. The SMILES string of the molecule is COc1ccc(Cn2c(Br)cnc2C(N)Cc2ccccc2)cc1. The predicted molar refractivity (Wildman–Crippen MR) is 99.1 cm³/mol. The van der Waals surface area contributed by atoms with Gasteiger partial charge >= 0.3 is 0 Å². The fourth-order valence-corrected chi connectivity index (χ4v) is 3.10. The normalized spacial score (nSPS) is 12.1. The zero-order chi connectivity index (χ0) is 16.9. The summed E-state index contributed by atoms with van der Waals surface area (Å²) in [4.78, 5) is 4.51. The van der Waals surface area contributed by atoms with E-state index >= 15 is 0 Å². The molecule has 0 amide bonds.